The molecular weight excluding hydrogens is 829 g/mol. The molecule has 0 aromatic heterocycles. The van der Waals surface area contributed by atoms with Gasteiger partial charge in [-0.05, 0) is 99.0 Å². The highest BCUT2D eigenvalue weighted by molar-refractivity contribution is 7.91. The van der Waals surface area contributed by atoms with Crippen molar-refractivity contribution in [2.75, 3.05) is 10.6 Å². The molecule has 0 saturated carbocycles. The van der Waals surface area contributed by atoms with Crippen LogP contribution in [-0.4, -0.2) is 56.8 Å². The van der Waals surface area contributed by atoms with Gasteiger partial charge in [0.15, 0.2) is 0 Å². The predicted molar refractivity (Wildman–Crippen MR) is 236 cm³/mol. The summed E-state index contributed by atoms with van der Waals surface area (Å²) in [6.07, 6.45) is 0.676. The standard InChI is InChI=1S/C47H44N4O9S2/c1-30(2)60-45(54)42(29-16-35-10-8-7-9-11-35)47(37-19-23-39(24-20-37)49-34(6)53)43(36-17-21-38(22-18-36)48-33(5)52)44(50-61(56,57)40-25-12-31(3)13-26-40)51(46(47)55)62(58,59)41-27-14-32(4)15-28-41/h7-28,30,43H,1-6H3,(H,48,52)(H,49,53)/b50-44-/t29?,43-,47+/m1/s1. The normalized spacial score (nSPS) is 17.0. The molecule has 0 aliphatic carbocycles. The monoisotopic (exact) mass is 872 g/mol. The smallest absolute Gasteiger partial charge is 0.343 e. The fourth-order valence-electron chi connectivity index (χ4n) is 7.10. The van der Waals surface area contributed by atoms with E-state index < -0.39 is 72.6 Å². The summed E-state index contributed by atoms with van der Waals surface area (Å²) in [6, 6.07) is 31.7. The number of nitrogens with one attached hydrogen (secondary N) is 2. The Kier molecular flexibility index (Phi) is 12.9. The number of amides is 3. The molecule has 62 heavy (non-hydrogen) atoms. The van der Waals surface area contributed by atoms with E-state index >= 15 is 13.2 Å². The zero-order valence-corrected chi connectivity index (χ0v) is 36.4. The minimum Gasteiger partial charge on any atom is -0.459 e. The molecule has 5 aromatic rings. The summed E-state index contributed by atoms with van der Waals surface area (Å²) >= 11 is 0. The summed E-state index contributed by atoms with van der Waals surface area (Å²) in [7, 11) is -9.89. The largest absolute Gasteiger partial charge is 0.459 e. The van der Waals surface area contributed by atoms with Crippen molar-refractivity contribution in [3.8, 4) is 0 Å². The van der Waals surface area contributed by atoms with Gasteiger partial charge in [-0.15, -0.1) is 10.1 Å². The van der Waals surface area contributed by atoms with E-state index in [9.17, 15) is 22.8 Å². The fraction of sp³-hybridized carbons (Fsp3) is 0.191. The Morgan fingerprint density at radius 2 is 1.23 bits per heavy atom. The van der Waals surface area contributed by atoms with E-state index in [1.807, 2.05) is 0 Å². The van der Waals surface area contributed by atoms with Crippen molar-refractivity contribution in [3.63, 3.8) is 0 Å². The molecule has 1 fully saturated rings. The van der Waals surface area contributed by atoms with Gasteiger partial charge in [-0.3, -0.25) is 14.4 Å². The lowest BCUT2D eigenvalue weighted by molar-refractivity contribution is -0.145. The van der Waals surface area contributed by atoms with Crippen LogP contribution in [0.15, 0.2) is 153 Å². The van der Waals surface area contributed by atoms with Crippen LogP contribution >= 0.6 is 0 Å². The Hall–Kier alpha value is -6.93. The van der Waals surface area contributed by atoms with Crippen LogP contribution in [0.25, 0.3) is 6.08 Å². The number of hydrogen-bond acceptors (Lipinski definition) is 9. The number of amidine groups is 1. The van der Waals surface area contributed by atoms with Crippen LogP contribution in [0.4, 0.5) is 11.4 Å². The van der Waals surface area contributed by atoms with E-state index in [1.54, 1.807) is 70.2 Å². The van der Waals surface area contributed by atoms with Crippen molar-refractivity contribution < 1.29 is 40.8 Å². The van der Waals surface area contributed by atoms with Crippen LogP contribution < -0.4 is 10.6 Å². The number of sulfonamides is 2. The first-order chi connectivity index (χ1) is 29.3. The molecule has 3 amide bonds. The summed E-state index contributed by atoms with van der Waals surface area (Å²) < 4.78 is 69.9. The molecule has 0 bridgehead atoms. The second-order valence-electron chi connectivity index (χ2n) is 15.0. The molecule has 0 radical (unpaired) electrons. The Morgan fingerprint density at radius 1 is 0.726 bits per heavy atom. The van der Waals surface area contributed by atoms with Crippen molar-refractivity contribution >= 4 is 67.0 Å². The van der Waals surface area contributed by atoms with Gasteiger partial charge in [-0.1, -0.05) is 90.0 Å². The van der Waals surface area contributed by atoms with Gasteiger partial charge in [0.05, 0.1) is 21.8 Å². The maximum absolute atomic E-state index is 16.2. The summed E-state index contributed by atoms with van der Waals surface area (Å²) in [5.74, 6) is -5.63. The van der Waals surface area contributed by atoms with Gasteiger partial charge in [-0.25, -0.2) is 13.2 Å². The van der Waals surface area contributed by atoms with Crippen molar-refractivity contribution in [2.24, 2.45) is 4.40 Å². The quantitative estimate of drug-likeness (QED) is 0.0730. The molecule has 1 heterocycles. The molecule has 0 unspecified atom stereocenters. The molecule has 2 atom stereocenters. The average molecular weight is 873 g/mol. The van der Waals surface area contributed by atoms with Gasteiger partial charge in [0.2, 0.25) is 11.8 Å². The molecule has 5 aromatic carbocycles. The van der Waals surface area contributed by atoms with Crippen LogP contribution in [0.2, 0.25) is 0 Å². The highest BCUT2D eigenvalue weighted by atomic mass is 32.2. The van der Waals surface area contributed by atoms with E-state index in [4.69, 9.17) is 4.74 Å². The number of carbonyl (C=O) groups excluding carboxylic acids is 4. The second-order valence-corrected chi connectivity index (χ2v) is 18.3. The number of ether oxygens (including phenoxy) is 1. The van der Waals surface area contributed by atoms with Gasteiger partial charge in [0.1, 0.15) is 16.8 Å². The molecule has 1 aliphatic heterocycles. The van der Waals surface area contributed by atoms with Crippen molar-refractivity contribution in [3.05, 3.63) is 167 Å². The van der Waals surface area contributed by atoms with Crippen LogP contribution in [-0.2, 0) is 49.4 Å². The SMILES string of the molecule is CC(=O)Nc1ccc([C@@H]2/C(=N/S(=O)(=O)c3ccc(C)cc3)N(S(=O)(=O)c3ccc(C)cc3)C(=O)[C@]2(C(=C=Cc2ccccc2)C(=O)OC(C)C)c2ccc(NC(C)=O)cc2)cc1. The zero-order chi connectivity index (χ0) is 45.0. The minimum absolute atomic E-state index is 0.000697. The fourth-order valence-corrected chi connectivity index (χ4v) is 9.62. The predicted octanol–water partition coefficient (Wildman–Crippen LogP) is 7.45. The molecule has 0 spiro atoms. The van der Waals surface area contributed by atoms with E-state index in [0.717, 1.165) is 5.56 Å². The molecular formula is C47H44N4O9S2. The van der Waals surface area contributed by atoms with Gasteiger partial charge in [0.25, 0.3) is 26.0 Å². The van der Waals surface area contributed by atoms with E-state index in [2.05, 4.69) is 20.8 Å². The van der Waals surface area contributed by atoms with Gasteiger partial charge in [0, 0.05) is 25.2 Å². The molecule has 318 valence electrons. The molecule has 1 saturated heterocycles. The topological polar surface area (TPSA) is 185 Å². The molecule has 2 N–H and O–H groups in total. The third-order valence-electron chi connectivity index (χ3n) is 9.86. The lowest BCUT2D eigenvalue weighted by Crippen LogP contribution is -2.46. The molecule has 6 rings (SSSR count). The third-order valence-corrected chi connectivity index (χ3v) is 12.9. The van der Waals surface area contributed by atoms with Crippen molar-refractivity contribution in [1.82, 2.24) is 4.31 Å². The Labute approximate surface area is 361 Å². The number of rotatable bonds is 12. The second kappa shape index (κ2) is 18.0. The number of carbonyl (C=O) groups is 4. The summed E-state index contributed by atoms with van der Waals surface area (Å²) in [5, 5.41) is 5.34. The first-order valence-electron chi connectivity index (χ1n) is 19.4. The maximum atomic E-state index is 16.2. The average Bonchev–Trinajstić information content (AvgIpc) is 3.46. The Morgan fingerprint density at radius 3 is 1.73 bits per heavy atom. The summed E-state index contributed by atoms with van der Waals surface area (Å²) in [5.41, 5.74) is 2.75. The van der Waals surface area contributed by atoms with Crippen LogP contribution in [0, 0.1) is 13.8 Å². The molecule has 1 aliphatic rings. The number of nitrogens with zero attached hydrogens (tertiary/aromatic N) is 2. The lowest BCUT2D eigenvalue weighted by Gasteiger charge is -2.34. The van der Waals surface area contributed by atoms with E-state index in [1.165, 1.54) is 105 Å². The summed E-state index contributed by atoms with van der Waals surface area (Å²) in [6.45, 7) is 9.30. The highest BCUT2D eigenvalue weighted by Crippen LogP contribution is 2.54. The number of aryl methyl sites for hydroxylation is 2. The van der Waals surface area contributed by atoms with Gasteiger partial charge >= 0.3 is 5.97 Å². The number of anilines is 2. The first-order valence-corrected chi connectivity index (χ1v) is 22.3. The van der Waals surface area contributed by atoms with E-state index in [0.29, 0.717) is 26.8 Å². The van der Waals surface area contributed by atoms with Crippen LogP contribution in [0.5, 0.6) is 0 Å². The van der Waals surface area contributed by atoms with Crippen molar-refractivity contribution in [1.29, 1.82) is 0 Å². The van der Waals surface area contributed by atoms with Crippen LogP contribution in [0.3, 0.4) is 0 Å². The van der Waals surface area contributed by atoms with Gasteiger partial charge in [-0.2, -0.15) is 12.7 Å². The number of benzene rings is 5. The van der Waals surface area contributed by atoms with Crippen LogP contribution in [0.1, 0.15) is 61.4 Å². The van der Waals surface area contributed by atoms with Gasteiger partial charge < -0.3 is 15.4 Å². The summed E-state index contributed by atoms with van der Waals surface area (Å²) in [4.78, 5) is 54.5. The molecule has 13 nitrogen and oxygen atoms in total. The third kappa shape index (κ3) is 9.20. The lowest BCUT2D eigenvalue weighted by atomic mass is 9.64. The maximum Gasteiger partial charge on any atom is 0.343 e. The van der Waals surface area contributed by atoms with Crippen molar-refractivity contribution in [2.45, 2.75) is 68.8 Å². The number of hydrogen-bond donors (Lipinski definition) is 2. The first kappa shape index (κ1) is 44.6. The highest BCUT2D eigenvalue weighted by Gasteiger charge is 2.66. The Balaban J connectivity index is 1.85. The molecule has 15 heteroatoms. The zero-order valence-electron chi connectivity index (χ0n) is 34.7. The number of esters is 1. The van der Waals surface area contributed by atoms with E-state index in [-0.39, 0.29) is 20.9 Å². The minimum atomic E-state index is -5.06. The Bertz CT molecular complexity index is 2850.